The average Bonchev–Trinajstić information content (AvgIpc) is 2.60. The molecule has 24 heavy (non-hydrogen) atoms. The number of carbonyl (C=O) groups is 1. The van der Waals surface area contributed by atoms with Gasteiger partial charge in [-0.25, -0.2) is 5.43 Å². The van der Waals surface area contributed by atoms with Crippen LogP contribution < -0.4 is 14.9 Å². The van der Waals surface area contributed by atoms with Crippen molar-refractivity contribution in [2.75, 3.05) is 7.11 Å². The number of rotatable bonds is 6. The maximum atomic E-state index is 12.3. The number of hydrogen-bond donors (Lipinski definition) is 1. The predicted molar refractivity (Wildman–Crippen MR) is 94.9 cm³/mol. The minimum absolute atomic E-state index is 0.0247. The fourth-order valence-electron chi connectivity index (χ4n) is 2.10. The molecule has 0 fully saturated rings. The number of hydrazone groups is 1. The van der Waals surface area contributed by atoms with Crippen LogP contribution in [0.25, 0.3) is 0 Å². The van der Waals surface area contributed by atoms with Crippen LogP contribution >= 0.6 is 0 Å². The molecule has 0 aliphatic heterocycles. The van der Waals surface area contributed by atoms with Crippen LogP contribution in [0.2, 0.25) is 0 Å². The summed E-state index contributed by atoms with van der Waals surface area (Å²) in [6.45, 7) is 5.71. The van der Waals surface area contributed by atoms with Crippen LogP contribution in [0.15, 0.2) is 53.6 Å². The van der Waals surface area contributed by atoms with Gasteiger partial charge < -0.3 is 9.47 Å². The summed E-state index contributed by atoms with van der Waals surface area (Å²) < 4.78 is 10.9. The van der Waals surface area contributed by atoms with E-state index in [1.807, 2.05) is 51.1 Å². The van der Waals surface area contributed by atoms with Crippen LogP contribution in [0.5, 0.6) is 11.5 Å². The molecule has 0 aliphatic carbocycles. The summed E-state index contributed by atoms with van der Waals surface area (Å²) in [5, 5.41) is 4.14. The third-order valence-electron chi connectivity index (χ3n) is 3.31. The number of methoxy groups -OCH3 is 1. The molecule has 0 saturated carbocycles. The van der Waals surface area contributed by atoms with Crippen molar-refractivity contribution in [3.63, 3.8) is 0 Å². The molecule has 5 nitrogen and oxygen atoms in total. The number of amides is 1. The van der Waals surface area contributed by atoms with Crippen molar-refractivity contribution < 1.29 is 14.3 Å². The van der Waals surface area contributed by atoms with Gasteiger partial charge >= 0.3 is 0 Å². The van der Waals surface area contributed by atoms with Gasteiger partial charge in [0.05, 0.1) is 18.9 Å². The van der Waals surface area contributed by atoms with Crippen molar-refractivity contribution in [2.45, 2.75) is 26.9 Å². The van der Waals surface area contributed by atoms with E-state index in [1.54, 1.807) is 25.3 Å². The summed E-state index contributed by atoms with van der Waals surface area (Å²) in [5.41, 5.74) is 4.70. The highest BCUT2D eigenvalue weighted by atomic mass is 16.5. The summed E-state index contributed by atoms with van der Waals surface area (Å²) in [6, 6.07) is 14.7. The fraction of sp³-hybridized carbons (Fsp3) is 0.263. The zero-order valence-corrected chi connectivity index (χ0v) is 14.4. The van der Waals surface area contributed by atoms with E-state index in [0.29, 0.717) is 17.1 Å². The van der Waals surface area contributed by atoms with Crippen molar-refractivity contribution in [1.82, 2.24) is 5.43 Å². The van der Waals surface area contributed by atoms with E-state index in [9.17, 15) is 4.79 Å². The Morgan fingerprint density at radius 2 is 1.75 bits per heavy atom. The molecule has 0 aromatic heterocycles. The van der Waals surface area contributed by atoms with Crippen molar-refractivity contribution >= 4 is 11.6 Å². The lowest BCUT2D eigenvalue weighted by atomic mass is 10.1. The molecule has 0 saturated heterocycles. The van der Waals surface area contributed by atoms with Crippen LogP contribution in [0.3, 0.4) is 0 Å². The minimum Gasteiger partial charge on any atom is -0.493 e. The molecule has 5 heteroatoms. The van der Waals surface area contributed by atoms with Gasteiger partial charge in [-0.05, 0) is 44.5 Å². The highest BCUT2D eigenvalue weighted by Crippen LogP contribution is 2.28. The average molecular weight is 326 g/mol. The Hall–Kier alpha value is -2.82. The molecule has 0 spiro atoms. The summed E-state index contributed by atoms with van der Waals surface area (Å²) in [7, 11) is 1.54. The van der Waals surface area contributed by atoms with E-state index in [1.165, 1.54) is 0 Å². The van der Waals surface area contributed by atoms with Crippen LogP contribution in [0.1, 0.15) is 36.7 Å². The van der Waals surface area contributed by atoms with E-state index >= 15 is 0 Å². The monoisotopic (exact) mass is 326 g/mol. The highest BCUT2D eigenvalue weighted by Gasteiger charge is 2.12. The Kier molecular flexibility index (Phi) is 5.95. The Bertz CT molecular complexity index is 725. The van der Waals surface area contributed by atoms with E-state index in [2.05, 4.69) is 10.5 Å². The van der Waals surface area contributed by atoms with Crippen molar-refractivity contribution in [3.05, 3.63) is 59.7 Å². The Labute approximate surface area is 142 Å². The van der Waals surface area contributed by atoms with Crippen LogP contribution in [0.4, 0.5) is 0 Å². The minimum atomic E-state index is -0.306. The molecule has 0 heterocycles. The van der Waals surface area contributed by atoms with Crippen LogP contribution in [0, 0.1) is 0 Å². The largest absolute Gasteiger partial charge is 0.493 e. The van der Waals surface area contributed by atoms with Gasteiger partial charge in [0.2, 0.25) is 0 Å². The number of nitrogens with one attached hydrogen (secondary N) is 1. The van der Waals surface area contributed by atoms with Gasteiger partial charge in [-0.3, -0.25) is 4.79 Å². The number of benzene rings is 2. The predicted octanol–water partition coefficient (Wildman–Crippen LogP) is 3.64. The maximum absolute atomic E-state index is 12.3. The summed E-state index contributed by atoms with van der Waals surface area (Å²) >= 11 is 0. The number of nitrogens with zero attached hydrogens (tertiary/aromatic N) is 1. The number of hydrogen-bond acceptors (Lipinski definition) is 4. The van der Waals surface area contributed by atoms with Crippen molar-refractivity contribution in [1.29, 1.82) is 0 Å². The van der Waals surface area contributed by atoms with Gasteiger partial charge in [-0.15, -0.1) is 0 Å². The van der Waals surface area contributed by atoms with Gasteiger partial charge in [0.25, 0.3) is 5.91 Å². The molecule has 0 unspecified atom stereocenters. The Morgan fingerprint density at radius 1 is 1.04 bits per heavy atom. The first-order valence-electron chi connectivity index (χ1n) is 7.76. The second-order valence-corrected chi connectivity index (χ2v) is 5.54. The molecular formula is C19H22N2O3. The molecule has 0 aliphatic rings. The third kappa shape index (κ3) is 4.59. The molecule has 1 amide bonds. The van der Waals surface area contributed by atoms with E-state index in [-0.39, 0.29) is 12.0 Å². The van der Waals surface area contributed by atoms with Gasteiger partial charge in [0, 0.05) is 5.56 Å². The normalized spacial score (nSPS) is 11.3. The summed E-state index contributed by atoms with van der Waals surface area (Å²) in [5.74, 6) is 0.813. The molecule has 2 aromatic carbocycles. The lowest BCUT2D eigenvalue weighted by Crippen LogP contribution is -2.19. The first-order valence-corrected chi connectivity index (χ1v) is 7.76. The second kappa shape index (κ2) is 8.15. The van der Waals surface area contributed by atoms with E-state index in [4.69, 9.17) is 9.47 Å². The lowest BCUT2D eigenvalue weighted by Gasteiger charge is -2.14. The fourth-order valence-corrected chi connectivity index (χ4v) is 2.10. The third-order valence-corrected chi connectivity index (χ3v) is 3.31. The van der Waals surface area contributed by atoms with E-state index < -0.39 is 0 Å². The zero-order chi connectivity index (χ0) is 17.5. The molecule has 2 aromatic rings. The summed E-state index contributed by atoms with van der Waals surface area (Å²) in [4.78, 5) is 12.3. The molecule has 0 bridgehead atoms. The van der Waals surface area contributed by atoms with E-state index in [0.717, 1.165) is 11.3 Å². The number of ether oxygens (including phenoxy) is 2. The SMILES string of the molecule is COc1cc(C(=O)N/N=C(/C)c2ccccc2)ccc1OC(C)C. The second-order valence-electron chi connectivity index (χ2n) is 5.54. The topological polar surface area (TPSA) is 59.9 Å². The standard InChI is InChI=1S/C19H22N2O3/c1-13(2)24-17-11-10-16(12-18(17)23-4)19(22)21-20-14(3)15-8-6-5-7-9-15/h5-13H,1-4H3,(H,21,22)/b20-14-. The Morgan fingerprint density at radius 3 is 2.38 bits per heavy atom. The molecule has 2 rings (SSSR count). The number of carbonyl (C=O) groups excluding carboxylic acids is 1. The zero-order valence-electron chi connectivity index (χ0n) is 14.4. The molecule has 0 atom stereocenters. The van der Waals surface area contributed by atoms with Crippen LogP contribution in [-0.2, 0) is 0 Å². The van der Waals surface area contributed by atoms with Crippen molar-refractivity contribution in [2.24, 2.45) is 5.10 Å². The van der Waals surface area contributed by atoms with Gasteiger partial charge in [-0.1, -0.05) is 30.3 Å². The first-order chi connectivity index (χ1) is 11.5. The van der Waals surface area contributed by atoms with Gasteiger partial charge in [0.15, 0.2) is 11.5 Å². The van der Waals surface area contributed by atoms with Gasteiger partial charge in [0.1, 0.15) is 0 Å². The Balaban J connectivity index is 2.12. The lowest BCUT2D eigenvalue weighted by molar-refractivity contribution is 0.0954. The van der Waals surface area contributed by atoms with Gasteiger partial charge in [-0.2, -0.15) is 5.10 Å². The first kappa shape index (κ1) is 17.5. The molecular weight excluding hydrogens is 304 g/mol. The maximum Gasteiger partial charge on any atom is 0.271 e. The highest BCUT2D eigenvalue weighted by molar-refractivity contribution is 6.00. The quantitative estimate of drug-likeness (QED) is 0.651. The molecule has 126 valence electrons. The van der Waals surface area contributed by atoms with Crippen molar-refractivity contribution in [3.8, 4) is 11.5 Å². The smallest absolute Gasteiger partial charge is 0.271 e. The molecule has 0 radical (unpaired) electrons. The summed E-state index contributed by atoms with van der Waals surface area (Å²) in [6.07, 6.45) is 0.0247. The molecule has 1 N–H and O–H groups in total. The van der Waals surface area contributed by atoms with Crippen LogP contribution in [-0.4, -0.2) is 24.8 Å².